The van der Waals surface area contributed by atoms with Crippen LogP contribution in [-0.2, 0) is 0 Å². The highest BCUT2D eigenvalue weighted by atomic mass is 19.3. The summed E-state index contributed by atoms with van der Waals surface area (Å²) in [6.07, 6.45) is 0.503. The lowest BCUT2D eigenvalue weighted by Gasteiger charge is -2.31. The third kappa shape index (κ3) is 3.03. The predicted octanol–water partition coefficient (Wildman–Crippen LogP) is 1.23. The van der Waals surface area contributed by atoms with E-state index in [4.69, 9.17) is 0 Å². The molecule has 0 aromatic rings. The highest BCUT2D eigenvalue weighted by molar-refractivity contribution is 4.88. The molecule has 1 aliphatic heterocycles. The summed E-state index contributed by atoms with van der Waals surface area (Å²) in [7, 11) is 1.57. The normalized spacial score (nSPS) is 27.2. The van der Waals surface area contributed by atoms with Crippen LogP contribution >= 0.6 is 0 Å². The molecule has 0 radical (unpaired) electrons. The molecule has 1 aliphatic rings. The van der Waals surface area contributed by atoms with Gasteiger partial charge in [-0.05, 0) is 20.0 Å². The van der Waals surface area contributed by atoms with Crippen LogP contribution in [0.1, 0.15) is 20.3 Å². The Labute approximate surface area is 72.7 Å². The van der Waals surface area contributed by atoms with Gasteiger partial charge in [0.15, 0.2) is 0 Å². The van der Waals surface area contributed by atoms with Crippen LogP contribution in [0.4, 0.5) is 8.78 Å². The zero-order valence-electron chi connectivity index (χ0n) is 7.95. The number of nitrogens with one attached hydrogen (secondary N) is 2. The summed E-state index contributed by atoms with van der Waals surface area (Å²) in [5.74, 6) is -2.58. The monoisotopic (exact) mass is 180 g/mol. The van der Waals surface area contributed by atoms with E-state index in [-0.39, 0.29) is 6.54 Å². The van der Waals surface area contributed by atoms with Crippen molar-refractivity contribution in [2.75, 3.05) is 20.1 Å². The second kappa shape index (κ2) is 5.43. The summed E-state index contributed by atoms with van der Waals surface area (Å²) in [5, 5.41) is 5.25. The Balaban J connectivity index is 0.000000561. The Morgan fingerprint density at radius 3 is 2.33 bits per heavy atom. The molecule has 0 spiro atoms. The fourth-order valence-corrected chi connectivity index (χ4v) is 1.19. The van der Waals surface area contributed by atoms with E-state index in [1.165, 1.54) is 0 Å². The second-order valence-corrected chi connectivity index (χ2v) is 2.57. The molecule has 1 atom stereocenters. The third-order valence-electron chi connectivity index (χ3n) is 1.83. The van der Waals surface area contributed by atoms with Gasteiger partial charge in [0.25, 0.3) is 5.92 Å². The molecule has 74 valence electrons. The number of alkyl halides is 2. The van der Waals surface area contributed by atoms with Crippen molar-refractivity contribution < 1.29 is 8.78 Å². The molecule has 2 N–H and O–H groups in total. The zero-order valence-corrected chi connectivity index (χ0v) is 7.95. The van der Waals surface area contributed by atoms with Crippen molar-refractivity contribution in [2.45, 2.75) is 32.2 Å². The van der Waals surface area contributed by atoms with Gasteiger partial charge in [-0.25, -0.2) is 8.78 Å². The van der Waals surface area contributed by atoms with Crippen molar-refractivity contribution in [3.63, 3.8) is 0 Å². The fraction of sp³-hybridized carbons (Fsp3) is 1.00. The minimum Gasteiger partial charge on any atom is -0.312 e. The van der Waals surface area contributed by atoms with Gasteiger partial charge < -0.3 is 10.6 Å². The molecule has 1 fully saturated rings. The highest BCUT2D eigenvalue weighted by Gasteiger charge is 2.40. The smallest absolute Gasteiger partial charge is 0.275 e. The van der Waals surface area contributed by atoms with Crippen LogP contribution in [0.15, 0.2) is 0 Å². The van der Waals surface area contributed by atoms with Crippen molar-refractivity contribution >= 4 is 0 Å². The van der Waals surface area contributed by atoms with Gasteiger partial charge in [0, 0.05) is 0 Å². The van der Waals surface area contributed by atoms with Gasteiger partial charge in [-0.2, -0.15) is 0 Å². The summed E-state index contributed by atoms with van der Waals surface area (Å²) in [6.45, 7) is 4.49. The molecule has 0 saturated carbocycles. The fourth-order valence-electron chi connectivity index (χ4n) is 1.19. The van der Waals surface area contributed by atoms with Gasteiger partial charge in [0.2, 0.25) is 0 Å². The minimum absolute atomic E-state index is 0.196. The Morgan fingerprint density at radius 1 is 1.42 bits per heavy atom. The lowest BCUT2D eigenvalue weighted by Crippen LogP contribution is -2.54. The molecule has 0 aliphatic carbocycles. The average Bonchev–Trinajstić information content (AvgIpc) is 2.07. The molecule has 2 nitrogen and oxygen atoms in total. The summed E-state index contributed by atoms with van der Waals surface area (Å²) in [5.41, 5.74) is 0. The van der Waals surface area contributed by atoms with E-state index in [1.807, 2.05) is 13.8 Å². The van der Waals surface area contributed by atoms with Crippen LogP contribution in [-0.4, -0.2) is 32.1 Å². The van der Waals surface area contributed by atoms with Gasteiger partial charge in [-0.3, -0.25) is 0 Å². The van der Waals surface area contributed by atoms with Crippen molar-refractivity contribution in [3.8, 4) is 0 Å². The SMILES string of the molecule is CC.CNC1CCNCC1(F)F. The van der Waals surface area contributed by atoms with Gasteiger partial charge in [-0.15, -0.1) is 0 Å². The summed E-state index contributed by atoms with van der Waals surface area (Å²) >= 11 is 0. The molecule has 0 bridgehead atoms. The van der Waals surface area contributed by atoms with Crippen LogP contribution in [0.2, 0.25) is 0 Å². The first kappa shape index (κ1) is 11.8. The van der Waals surface area contributed by atoms with Crippen LogP contribution in [0.3, 0.4) is 0 Å². The molecule has 1 unspecified atom stereocenters. The van der Waals surface area contributed by atoms with Gasteiger partial charge in [0.05, 0.1) is 12.6 Å². The molecule has 0 aromatic carbocycles. The average molecular weight is 180 g/mol. The van der Waals surface area contributed by atoms with Crippen molar-refractivity contribution in [3.05, 3.63) is 0 Å². The highest BCUT2D eigenvalue weighted by Crippen LogP contribution is 2.22. The second-order valence-electron chi connectivity index (χ2n) is 2.57. The van der Waals surface area contributed by atoms with E-state index in [2.05, 4.69) is 10.6 Å². The van der Waals surface area contributed by atoms with Gasteiger partial charge in [-0.1, -0.05) is 13.8 Å². The molecule has 1 rings (SSSR count). The number of halogens is 2. The molecule has 1 heterocycles. The van der Waals surface area contributed by atoms with Crippen LogP contribution in [0.25, 0.3) is 0 Å². The maximum Gasteiger partial charge on any atom is 0.275 e. The van der Waals surface area contributed by atoms with Crippen LogP contribution < -0.4 is 10.6 Å². The minimum atomic E-state index is -2.58. The van der Waals surface area contributed by atoms with Crippen LogP contribution in [0.5, 0.6) is 0 Å². The molecule has 0 aromatic heterocycles. The maximum absolute atomic E-state index is 12.7. The Kier molecular flexibility index (Phi) is 5.33. The van der Waals surface area contributed by atoms with E-state index >= 15 is 0 Å². The molecule has 0 amide bonds. The summed E-state index contributed by atoms with van der Waals surface area (Å²) < 4.78 is 25.5. The Hall–Kier alpha value is -0.220. The largest absolute Gasteiger partial charge is 0.312 e. The van der Waals surface area contributed by atoms with E-state index < -0.39 is 12.0 Å². The Morgan fingerprint density at radius 2 is 2.00 bits per heavy atom. The Bertz CT molecular complexity index is 118. The van der Waals surface area contributed by atoms with E-state index in [0.29, 0.717) is 13.0 Å². The number of piperidine rings is 1. The summed E-state index contributed by atoms with van der Waals surface area (Å²) in [4.78, 5) is 0. The van der Waals surface area contributed by atoms with Crippen molar-refractivity contribution in [1.29, 1.82) is 0 Å². The van der Waals surface area contributed by atoms with Gasteiger partial charge in [0.1, 0.15) is 0 Å². The number of rotatable bonds is 1. The number of hydrogen-bond donors (Lipinski definition) is 2. The maximum atomic E-state index is 12.7. The molecule has 1 saturated heterocycles. The molecular weight excluding hydrogens is 162 g/mol. The third-order valence-corrected chi connectivity index (χ3v) is 1.83. The van der Waals surface area contributed by atoms with Crippen molar-refractivity contribution in [2.24, 2.45) is 0 Å². The lowest BCUT2D eigenvalue weighted by molar-refractivity contribution is -0.0488. The number of hydrogen-bond acceptors (Lipinski definition) is 2. The van der Waals surface area contributed by atoms with E-state index in [9.17, 15) is 8.78 Å². The quantitative estimate of drug-likeness (QED) is 0.634. The first-order valence-electron chi connectivity index (χ1n) is 4.42. The van der Waals surface area contributed by atoms with Crippen molar-refractivity contribution in [1.82, 2.24) is 10.6 Å². The molecule has 12 heavy (non-hydrogen) atoms. The zero-order chi connectivity index (χ0) is 9.61. The topological polar surface area (TPSA) is 24.1 Å². The van der Waals surface area contributed by atoms with Gasteiger partial charge >= 0.3 is 0 Å². The van der Waals surface area contributed by atoms with E-state index in [0.717, 1.165) is 0 Å². The molecule has 4 heteroatoms. The standard InChI is InChI=1S/C6H12F2N2.C2H6/c1-9-5-2-3-10-4-6(5,7)8;1-2/h5,9-10H,2-4H2,1H3;1-2H3. The lowest BCUT2D eigenvalue weighted by atomic mass is 10.0. The molecular formula is C8H18F2N2. The first-order chi connectivity index (χ1) is 5.67. The summed E-state index contributed by atoms with van der Waals surface area (Å²) in [6, 6.07) is -0.645. The van der Waals surface area contributed by atoms with Crippen LogP contribution in [0, 0.1) is 0 Å². The first-order valence-corrected chi connectivity index (χ1v) is 4.42. The predicted molar refractivity (Wildman–Crippen MR) is 46.6 cm³/mol. The van der Waals surface area contributed by atoms with E-state index in [1.54, 1.807) is 7.05 Å².